The standard InChI is InChI=1S/C27H38N8O3.C2H6/c1-9-21-13-28-24-12-11-22(30-35(21)24)25-20(6)29-33(8)27(25)38-18(4)14-32(7)15-23-19(5)26(37-10-2)31-34(23)17(3)16-36;1-2/h9,11-13,17-18,36H,1,10,14-16H2,2-8H3;1-2H3. The number of hydrogen-bond acceptors (Lipinski definition) is 8. The van der Waals surface area contributed by atoms with E-state index in [9.17, 15) is 5.11 Å². The van der Waals surface area contributed by atoms with E-state index in [1.165, 1.54) is 0 Å². The van der Waals surface area contributed by atoms with Crippen molar-refractivity contribution in [1.29, 1.82) is 0 Å². The molecular formula is C29H44N8O3. The van der Waals surface area contributed by atoms with Crippen molar-refractivity contribution in [3.05, 3.63) is 47.6 Å². The van der Waals surface area contributed by atoms with Gasteiger partial charge in [-0.25, -0.2) is 14.2 Å². The Morgan fingerprint density at radius 1 is 1.15 bits per heavy atom. The molecule has 4 rings (SSSR count). The van der Waals surface area contributed by atoms with Crippen LogP contribution in [0.15, 0.2) is 24.9 Å². The third-order valence-electron chi connectivity index (χ3n) is 6.52. The zero-order valence-electron chi connectivity index (χ0n) is 25.3. The zero-order valence-corrected chi connectivity index (χ0v) is 25.3. The fourth-order valence-corrected chi connectivity index (χ4v) is 4.65. The number of rotatable bonds is 12. The molecule has 4 aromatic rings. The maximum atomic E-state index is 9.75. The number of likely N-dealkylation sites (N-methyl/N-ethyl adjacent to an activating group) is 1. The number of aromatic nitrogens is 7. The van der Waals surface area contributed by atoms with Crippen LogP contribution >= 0.6 is 0 Å². The van der Waals surface area contributed by atoms with Gasteiger partial charge in [-0.1, -0.05) is 20.4 Å². The van der Waals surface area contributed by atoms with Crippen molar-refractivity contribution in [2.75, 3.05) is 26.8 Å². The maximum absolute atomic E-state index is 9.75. The quantitative estimate of drug-likeness (QED) is 0.274. The van der Waals surface area contributed by atoms with Crippen molar-refractivity contribution in [3.8, 4) is 23.0 Å². The Bertz CT molecular complexity index is 1420. The van der Waals surface area contributed by atoms with Crippen LogP contribution in [0.4, 0.5) is 0 Å². The van der Waals surface area contributed by atoms with E-state index in [2.05, 4.69) is 26.7 Å². The number of aliphatic hydroxyl groups is 1. The number of ether oxygens (including phenoxy) is 2. The highest BCUT2D eigenvalue weighted by Crippen LogP contribution is 2.33. The lowest BCUT2D eigenvalue weighted by molar-refractivity contribution is 0.145. The first-order valence-electron chi connectivity index (χ1n) is 13.9. The molecule has 11 heteroatoms. The van der Waals surface area contributed by atoms with Gasteiger partial charge in [-0.2, -0.15) is 10.2 Å². The van der Waals surface area contributed by atoms with Gasteiger partial charge in [-0.3, -0.25) is 9.58 Å². The van der Waals surface area contributed by atoms with E-state index in [4.69, 9.17) is 14.6 Å². The molecule has 0 saturated carbocycles. The first-order chi connectivity index (χ1) is 19.2. The molecule has 1 N–H and O–H groups in total. The van der Waals surface area contributed by atoms with E-state index < -0.39 is 0 Å². The molecule has 0 aliphatic heterocycles. The molecule has 0 aliphatic rings. The Hall–Kier alpha value is -3.70. The van der Waals surface area contributed by atoms with Crippen molar-refractivity contribution in [2.45, 2.75) is 67.2 Å². The summed E-state index contributed by atoms with van der Waals surface area (Å²) in [5, 5.41) is 23.8. The molecule has 4 aromatic heterocycles. The minimum Gasteiger partial charge on any atom is -0.477 e. The van der Waals surface area contributed by atoms with Gasteiger partial charge in [-0.15, -0.1) is 5.10 Å². The summed E-state index contributed by atoms with van der Waals surface area (Å²) in [6, 6.07) is 3.71. The molecule has 0 amide bonds. The molecule has 0 fully saturated rings. The lowest BCUT2D eigenvalue weighted by atomic mass is 10.1. The second-order valence-electron chi connectivity index (χ2n) is 9.68. The minimum atomic E-state index is -0.151. The largest absolute Gasteiger partial charge is 0.477 e. The van der Waals surface area contributed by atoms with Gasteiger partial charge < -0.3 is 14.6 Å². The summed E-state index contributed by atoms with van der Waals surface area (Å²) < 4.78 is 17.6. The Morgan fingerprint density at radius 2 is 1.88 bits per heavy atom. The number of aliphatic hydroxyl groups excluding tert-OH is 1. The zero-order chi connectivity index (χ0) is 29.6. The van der Waals surface area contributed by atoms with Crippen LogP contribution in [0.5, 0.6) is 11.8 Å². The van der Waals surface area contributed by atoms with Crippen LogP contribution in [0.25, 0.3) is 23.0 Å². The summed E-state index contributed by atoms with van der Waals surface area (Å²) in [4.78, 5) is 6.55. The molecule has 4 heterocycles. The Morgan fingerprint density at radius 3 is 2.52 bits per heavy atom. The van der Waals surface area contributed by atoms with Gasteiger partial charge in [0.25, 0.3) is 0 Å². The fourth-order valence-electron chi connectivity index (χ4n) is 4.65. The number of nitrogens with zero attached hydrogens (tertiary/aromatic N) is 8. The average molecular weight is 553 g/mol. The predicted molar refractivity (Wildman–Crippen MR) is 158 cm³/mol. The van der Waals surface area contributed by atoms with Crippen molar-refractivity contribution in [1.82, 2.24) is 39.1 Å². The summed E-state index contributed by atoms with van der Waals surface area (Å²) in [5.41, 5.74) is 5.99. The molecule has 11 nitrogen and oxygen atoms in total. The third kappa shape index (κ3) is 6.37. The van der Waals surface area contributed by atoms with Crippen molar-refractivity contribution < 1.29 is 14.6 Å². The fraction of sp³-hybridized carbons (Fsp3) is 0.517. The van der Waals surface area contributed by atoms with Crippen molar-refractivity contribution >= 4 is 11.7 Å². The smallest absolute Gasteiger partial charge is 0.236 e. The molecule has 2 atom stereocenters. The van der Waals surface area contributed by atoms with Gasteiger partial charge in [0.1, 0.15) is 6.10 Å². The number of fused-ring (bicyclic) bond motifs is 1. The SMILES string of the molecule is C=Cc1cnc2ccc(-c3c(C)nn(C)c3OC(C)CN(C)Cc3c(C)c(OCC)nn3C(C)CO)nn12.CC. The monoisotopic (exact) mass is 552 g/mol. The topological polar surface area (TPSA) is 108 Å². The summed E-state index contributed by atoms with van der Waals surface area (Å²) in [7, 11) is 3.92. The number of hydrogen-bond donors (Lipinski definition) is 1. The van der Waals surface area contributed by atoms with Gasteiger partial charge in [-0.05, 0) is 59.9 Å². The van der Waals surface area contributed by atoms with Crippen LogP contribution in [0.3, 0.4) is 0 Å². The van der Waals surface area contributed by atoms with Crippen molar-refractivity contribution in [2.24, 2.45) is 7.05 Å². The molecule has 2 unspecified atom stereocenters. The summed E-state index contributed by atoms with van der Waals surface area (Å²) in [5.74, 6) is 1.27. The van der Waals surface area contributed by atoms with Gasteiger partial charge in [0.2, 0.25) is 11.8 Å². The Kier molecular flexibility index (Phi) is 10.5. The highest BCUT2D eigenvalue weighted by molar-refractivity contribution is 5.69. The molecule has 40 heavy (non-hydrogen) atoms. The van der Waals surface area contributed by atoms with Gasteiger partial charge in [0.05, 0.1) is 53.8 Å². The molecule has 218 valence electrons. The average Bonchev–Trinajstić information content (AvgIpc) is 3.58. The Balaban J connectivity index is 0.00000216. The molecule has 0 radical (unpaired) electrons. The van der Waals surface area contributed by atoms with Crippen molar-refractivity contribution in [3.63, 3.8) is 0 Å². The molecule has 0 aliphatic carbocycles. The second kappa shape index (κ2) is 13.6. The molecule has 0 bridgehead atoms. The van der Waals surface area contributed by atoms with Crippen LogP contribution in [0.2, 0.25) is 0 Å². The highest BCUT2D eigenvalue weighted by Gasteiger charge is 2.23. The summed E-state index contributed by atoms with van der Waals surface area (Å²) in [6.45, 7) is 19.6. The first kappa shape index (κ1) is 30.8. The van der Waals surface area contributed by atoms with E-state index in [1.54, 1.807) is 21.5 Å². The van der Waals surface area contributed by atoms with Gasteiger partial charge >= 0.3 is 0 Å². The van der Waals surface area contributed by atoms with E-state index in [-0.39, 0.29) is 18.8 Å². The lowest BCUT2D eigenvalue weighted by Gasteiger charge is -2.24. The summed E-state index contributed by atoms with van der Waals surface area (Å²) >= 11 is 0. The van der Waals surface area contributed by atoms with Crippen LogP contribution < -0.4 is 9.47 Å². The molecule has 0 spiro atoms. The van der Waals surface area contributed by atoms with Crippen LogP contribution in [0, 0.1) is 13.8 Å². The number of imidazole rings is 1. The van der Waals surface area contributed by atoms with E-state index in [1.807, 2.05) is 79.4 Å². The highest BCUT2D eigenvalue weighted by atomic mass is 16.5. The Labute approximate surface area is 237 Å². The predicted octanol–water partition coefficient (Wildman–Crippen LogP) is 4.46. The second-order valence-corrected chi connectivity index (χ2v) is 9.68. The van der Waals surface area contributed by atoms with Gasteiger partial charge in [0, 0.05) is 25.7 Å². The van der Waals surface area contributed by atoms with Crippen LogP contribution in [0.1, 0.15) is 63.3 Å². The number of aryl methyl sites for hydroxylation is 2. The lowest BCUT2D eigenvalue weighted by Crippen LogP contribution is -2.32. The normalized spacial score (nSPS) is 12.8. The third-order valence-corrected chi connectivity index (χ3v) is 6.52. The van der Waals surface area contributed by atoms with Crippen LogP contribution in [-0.4, -0.2) is 77.1 Å². The van der Waals surface area contributed by atoms with Gasteiger partial charge in [0.15, 0.2) is 5.65 Å². The minimum absolute atomic E-state index is 0.00127. The maximum Gasteiger partial charge on any atom is 0.236 e. The van der Waals surface area contributed by atoms with Crippen LogP contribution in [-0.2, 0) is 13.6 Å². The molecular weight excluding hydrogens is 508 g/mol. The van der Waals surface area contributed by atoms with E-state index >= 15 is 0 Å². The van der Waals surface area contributed by atoms with E-state index in [0.717, 1.165) is 39.5 Å². The first-order valence-corrected chi connectivity index (χ1v) is 13.9. The van der Waals surface area contributed by atoms with E-state index in [0.29, 0.717) is 31.5 Å². The molecule has 0 saturated heterocycles. The molecule has 0 aromatic carbocycles. The summed E-state index contributed by atoms with van der Waals surface area (Å²) in [6.07, 6.45) is 3.33.